The highest BCUT2D eigenvalue weighted by molar-refractivity contribution is 9.10. The minimum Gasteiger partial charge on any atom is -0.330 e. The van der Waals surface area contributed by atoms with E-state index in [1.54, 1.807) is 29.2 Å². The Balaban J connectivity index is 2.22. The van der Waals surface area contributed by atoms with Crippen LogP contribution in [0.3, 0.4) is 0 Å². The topological polar surface area (TPSA) is 20.3 Å². The number of halogens is 3. The molecule has 1 amide bonds. The van der Waals surface area contributed by atoms with E-state index in [2.05, 4.69) is 22.5 Å². The van der Waals surface area contributed by atoms with Crippen molar-refractivity contribution in [2.45, 2.75) is 6.54 Å². The SMILES string of the molecule is C=CCN(Cc1ccc(Cl)s1)C(=O)c1ccc(Br)c(Cl)c1. The Labute approximate surface area is 146 Å². The highest BCUT2D eigenvalue weighted by atomic mass is 79.9. The summed E-state index contributed by atoms with van der Waals surface area (Å²) in [6.45, 7) is 4.66. The minimum atomic E-state index is -0.0891. The summed E-state index contributed by atoms with van der Waals surface area (Å²) in [5, 5.41) is 0.513. The molecule has 2 nitrogen and oxygen atoms in total. The van der Waals surface area contributed by atoms with Crippen LogP contribution in [0.2, 0.25) is 9.36 Å². The summed E-state index contributed by atoms with van der Waals surface area (Å²) in [5.41, 5.74) is 0.549. The van der Waals surface area contributed by atoms with Crippen LogP contribution in [-0.4, -0.2) is 17.4 Å². The maximum absolute atomic E-state index is 12.6. The lowest BCUT2D eigenvalue weighted by Crippen LogP contribution is -2.30. The average molecular weight is 405 g/mol. The molecule has 2 rings (SSSR count). The van der Waals surface area contributed by atoms with E-state index in [1.165, 1.54) is 11.3 Å². The zero-order chi connectivity index (χ0) is 15.4. The summed E-state index contributed by atoms with van der Waals surface area (Å²) in [6, 6.07) is 8.92. The number of amides is 1. The molecular weight excluding hydrogens is 393 g/mol. The van der Waals surface area contributed by atoms with Gasteiger partial charge in [0.1, 0.15) is 0 Å². The second kappa shape index (κ2) is 7.45. The lowest BCUT2D eigenvalue weighted by Gasteiger charge is -2.20. The molecule has 1 aromatic heterocycles. The van der Waals surface area contributed by atoms with Crippen molar-refractivity contribution in [2.24, 2.45) is 0 Å². The summed E-state index contributed by atoms with van der Waals surface area (Å²) >= 11 is 16.8. The Bertz CT molecular complexity index is 671. The van der Waals surface area contributed by atoms with Gasteiger partial charge in [0.25, 0.3) is 5.91 Å². The van der Waals surface area contributed by atoms with Gasteiger partial charge in [-0.3, -0.25) is 4.79 Å². The molecule has 0 bridgehead atoms. The van der Waals surface area contributed by atoms with Crippen molar-refractivity contribution in [3.63, 3.8) is 0 Å². The molecule has 0 saturated carbocycles. The fourth-order valence-corrected chi connectivity index (χ4v) is 3.34. The van der Waals surface area contributed by atoms with Gasteiger partial charge in [-0.2, -0.15) is 0 Å². The van der Waals surface area contributed by atoms with Gasteiger partial charge in [0.05, 0.1) is 15.9 Å². The number of hydrogen-bond donors (Lipinski definition) is 0. The Morgan fingerprint density at radius 3 is 2.67 bits per heavy atom. The van der Waals surface area contributed by atoms with Crippen LogP contribution in [0.5, 0.6) is 0 Å². The smallest absolute Gasteiger partial charge is 0.254 e. The fraction of sp³-hybridized carbons (Fsp3) is 0.133. The highest BCUT2D eigenvalue weighted by Gasteiger charge is 2.16. The first-order valence-corrected chi connectivity index (χ1v) is 8.47. The van der Waals surface area contributed by atoms with Crippen LogP contribution in [0.15, 0.2) is 47.5 Å². The van der Waals surface area contributed by atoms with Crippen molar-refractivity contribution in [1.29, 1.82) is 0 Å². The Morgan fingerprint density at radius 1 is 1.33 bits per heavy atom. The number of hydrogen-bond acceptors (Lipinski definition) is 2. The van der Waals surface area contributed by atoms with Gasteiger partial charge < -0.3 is 4.90 Å². The van der Waals surface area contributed by atoms with Gasteiger partial charge >= 0.3 is 0 Å². The molecule has 0 aliphatic carbocycles. The number of rotatable bonds is 5. The zero-order valence-electron chi connectivity index (χ0n) is 11.0. The molecule has 0 atom stereocenters. The van der Waals surface area contributed by atoms with Crippen molar-refractivity contribution in [2.75, 3.05) is 6.54 Å². The van der Waals surface area contributed by atoms with Crippen molar-refractivity contribution in [1.82, 2.24) is 4.90 Å². The molecule has 0 spiro atoms. The maximum atomic E-state index is 12.6. The number of carbonyl (C=O) groups excluding carboxylic acids is 1. The van der Waals surface area contributed by atoms with Crippen molar-refractivity contribution >= 4 is 56.4 Å². The lowest BCUT2D eigenvalue weighted by molar-refractivity contribution is 0.0764. The maximum Gasteiger partial charge on any atom is 0.254 e. The Morgan fingerprint density at radius 2 is 2.10 bits per heavy atom. The number of nitrogens with zero attached hydrogens (tertiary/aromatic N) is 1. The Kier molecular flexibility index (Phi) is 5.88. The van der Waals surface area contributed by atoms with E-state index in [9.17, 15) is 4.79 Å². The highest BCUT2D eigenvalue weighted by Crippen LogP contribution is 2.26. The van der Waals surface area contributed by atoms with E-state index >= 15 is 0 Å². The molecule has 0 radical (unpaired) electrons. The van der Waals surface area contributed by atoms with Gasteiger partial charge in [-0.15, -0.1) is 17.9 Å². The summed E-state index contributed by atoms with van der Waals surface area (Å²) in [7, 11) is 0. The van der Waals surface area contributed by atoms with E-state index in [4.69, 9.17) is 23.2 Å². The molecule has 0 saturated heterocycles. The number of carbonyl (C=O) groups is 1. The third-order valence-electron chi connectivity index (χ3n) is 2.78. The standard InChI is InChI=1S/C15H12BrCl2NOS/c1-2-7-19(9-11-4-6-14(18)21-11)15(20)10-3-5-12(16)13(17)8-10/h2-6,8H,1,7,9H2. The average Bonchev–Trinajstić information content (AvgIpc) is 2.86. The number of benzene rings is 1. The van der Waals surface area contributed by atoms with Gasteiger partial charge in [-0.1, -0.05) is 29.3 Å². The fourth-order valence-electron chi connectivity index (χ4n) is 1.81. The van der Waals surface area contributed by atoms with Crippen molar-refractivity contribution in [3.05, 3.63) is 67.3 Å². The van der Waals surface area contributed by atoms with Gasteiger partial charge in [-0.05, 0) is 46.3 Å². The van der Waals surface area contributed by atoms with Crippen LogP contribution < -0.4 is 0 Å². The van der Waals surface area contributed by atoms with E-state index in [0.717, 1.165) is 9.35 Å². The predicted octanol–water partition coefficient (Wildman–Crippen LogP) is 5.65. The van der Waals surface area contributed by atoms with Crippen LogP contribution in [0.1, 0.15) is 15.2 Å². The second-order valence-electron chi connectivity index (χ2n) is 4.31. The largest absolute Gasteiger partial charge is 0.330 e. The van der Waals surface area contributed by atoms with E-state index in [-0.39, 0.29) is 5.91 Å². The lowest BCUT2D eigenvalue weighted by atomic mass is 10.2. The molecule has 0 N–H and O–H groups in total. The van der Waals surface area contributed by atoms with Crippen LogP contribution in [0, 0.1) is 0 Å². The van der Waals surface area contributed by atoms with E-state index < -0.39 is 0 Å². The van der Waals surface area contributed by atoms with Gasteiger partial charge in [0.15, 0.2) is 0 Å². The molecule has 1 heterocycles. The summed E-state index contributed by atoms with van der Waals surface area (Å²) in [5.74, 6) is -0.0891. The van der Waals surface area contributed by atoms with Gasteiger partial charge in [0, 0.05) is 21.5 Å². The predicted molar refractivity (Wildman–Crippen MR) is 93.4 cm³/mol. The molecule has 0 fully saturated rings. The van der Waals surface area contributed by atoms with Crippen LogP contribution in [-0.2, 0) is 6.54 Å². The van der Waals surface area contributed by atoms with Gasteiger partial charge in [-0.25, -0.2) is 0 Å². The van der Waals surface area contributed by atoms with Crippen molar-refractivity contribution < 1.29 is 4.79 Å². The molecule has 6 heteroatoms. The molecule has 2 aromatic rings. The summed E-state index contributed by atoms with van der Waals surface area (Å²) < 4.78 is 1.48. The molecular formula is C15H12BrCl2NOS. The van der Waals surface area contributed by atoms with Crippen molar-refractivity contribution in [3.8, 4) is 0 Å². The zero-order valence-corrected chi connectivity index (χ0v) is 14.9. The third kappa shape index (κ3) is 4.33. The van der Waals surface area contributed by atoms with Crippen LogP contribution in [0.25, 0.3) is 0 Å². The first-order valence-electron chi connectivity index (χ1n) is 6.10. The van der Waals surface area contributed by atoms with Crippen LogP contribution >= 0.6 is 50.5 Å². The molecule has 1 aromatic carbocycles. The quantitative estimate of drug-likeness (QED) is 0.590. The summed E-state index contributed by atoms with van der Waals surface area (Å²) in [6.07, 6.45) is 1.70. The van der Waals surface area contributed by atoms with Crippen LogP contribution in [0.4, 0.5) is 0 Å². The first-order chi connectivity index (χ1) is 10.0. The Hall–Kier alpha value is -0.810. The van der Waals surface area contributed by atoms with E-state index in [1.807, 2.05) is 12.1 Å². The van der Waals surface area contributed by atoms with E-state index in [0.29, 0.717) is 28.0 Å². The molecule has 110 valence electrons. The summed E-state index contributed by atoms with van der Waals surface area (Å²) in [4.78, 5) is 15.3. The minimum absolute atomic E-state index is 0.0891. The van der Waals surface area contributed by atoms with Gasteiger partial charge in [0.2, 0.25) is 0 Å². The molecule has 21 heavy (non-hydrogen) atoms. The molecule has 0 aliphatic heterocycles. The molecule has 0 unspecified atom stereocenters. The normalized spacial score (nSPS) is 10.4. The molecule has 0 aliphatic rings. The monoisotopic (exact) mass is 403 g/mol. The first kappa shape index (κ1) is 16.6. The second-order valence-corrected chi connectivity index (χ2v) is 7.37. The third-order valence-corrected chi connectivity index (χ3v) is 5.23. The number of thiophene rings is 1.